The second kappa shape index (κ2) is 6.67. The van der Waals surface area contributed by atoms with E-state index in [1.165, 1.54) is 0 Å². The summed E-state index contributed by atoms with van der Waals surface area (Å²) in [5, 5.41) is 20.5. The van der Waals surface area contributed by atoms with Gasteiger partial charge in [-0.1, -0.05) is 29.3 Å². The van der Waals surface area contributed by atoms with Crippen LogP contribution in [-0.4, -0.2) is 28.7 Å². The Labute approximate surface area is 149 Å². The van der Waals surface area contributed by atoms with Crippen LogP contribution in [0.15, 0.2) is 30.3 Å². The second-order valence-electron chi connectivity index (χ2n) is 5.46. The van der Waals surface area contributed by atoms with E-state index in [0.29, 0.717) is 10.0 Å². The van der Waals surface area contributed by atoms with Gasteiger partial charge in [-0.25, -0.2) is 0 Å². The van der Waals surface area contributed by atoms with E-state index >= 15 is 0 Å². The van der Waals surface area contributed by atoms with Crippen LogP contribution in [0.2, 0.25) is 10.0 Å². The Bertz CT molecular complexity index is 709. The molecule has 0 aliphatic carbocycles. The zero-order chi connectivity index (χ0) is 15.1. The summed E-state index contributed by atoms with van der Waals surface area (Å²) in [5.74, 6) is -0.0969. The molecule has 3 rings (SSSR count). The van der Waals surface area contributed by atoms with Crippen molar-refractivity contribution in [1.82, 2.24) is 4.90 Å². The number of nitrogens with zero attached hydrogens (tertiary/aromatic N) is 1. The predicted molar refractivity (Wildman–Crippen MR) is 94.7 cm³/mol. The molecular formula is C16H16BrCl2NO2. The van der Waals surface area contributed by atoms with Gasteiger partial charge in [0.25, 0.3) is 0 Å². The van der Waals surface area contributed by atoms with Crippen molar-refractivity contribution >= 4 is 40.2 Å². The van der Waals surface area contributed by atoms with Crippen LogP contribution in [0.5, 0.6) is 11.5 Å². The number of phenols is 2. The van der Waals surface area contributed by atoms with Crippen LogP contribution < -0.4 is 0 Å². The fourth-order valence-electron chi connectivity index (χ4n) is 2.88. The number of halogens is 3. The summed E-state index contributed by atoms with van der Waals surface area (Å²) < 4.78 is 0. The van der Waals surface area contributed by atoms with Crippen LogP contribution in [0.1, 0.15) is 22.6 Å². The van der Waals surface area contributed by atoms with Gasteiger partial charge in [0.05, 0.1) is 10.0 Å². The Morgan fingerprint density at radius 1 is 1.05 bits per heavy atom. The summed E-state index contributed by atoms with van der Waals surface area (Å²) in [4.78, 5) is 2.17. The van der Waals surface area contributed by atoms with Crippen LogP contribution in [0.4, 0.5) is 0 Å². The first kappa shape index (κ1) is 17.4. The van der Waals surface area contributed by atoms with Gasteiger partial charge >= 0.3 is 0 Å². The first-order valence-corrected chi connectivity index (χ1v) is 7.39. The highest BCUT2D eigenvalue weighted by molar-refractivity contribution is 8.93. The second-order valence-corrected chi connectivity index (χ2v) is 6.28. The SMILES string of the molecule is Br.CN1Cc2cc(O)c(O)cc2C(c2ccc(Cl)c(Cl)c2)C1. The smallest absolute Gasteiger partial charge is 0.157 e. The van der Waals surface area contributed by atoms with E-state index in [1.54, 1.807) is 18.2 Å². The molecule has 1 aliphatic rings. The maximum absolute atomic E-state index is 9.79. The molecule has 1 heterocycles. The van der Waals surface area contributed by atoms with Crippen LogP contribution in [-0.2, 0) is 6.54 Å². The Hall–Kier alpha value is -0.940. The minimum Gasteiger partial charge on any atom is -0.504 e. The van der Waals surface area contributed by atoms with Crippen molar-refractivity contribution in [3.05, 3.63) is 57.1 Å². The number of benzene rings is 2. The predicted octanol–water partition coefficient (Wildman–Crippen LogP) is 4.56. The fraction of sp³-hybridized carbons (Fsp3) is 0.250. The number of fused-ring (bicyclic) bond motifs is 1. The van der Waals surface area contributed by atoms with Crippen LogP contribution in [0.3, 0.4) is 0 Å². The van der Waals surface area contributed by atoms with Crippen molar-refractivity contribution in [2.24, 2.45) is 0 Å². The Kier molecular flexibility index (Phi) is 5.28. The molecule has 3 nitrogen and oxygen atoms in total. The van der Waals surface area contributed by atoms with Gasteiger partial charge in [-0.3, -0.25) is 0 Å². The van der Waals surface area contributed by atoms with Crippen molar-refractivity contribution in [3.63, 3.8) is 0 Å². The van der Waals surface area contributed by atoms with Crippen molar-refractivity contribution in [3.8, 4) is 11.5 Å². The van der Waals surface area contributed by atoms with Crippen molar-refractivity contribution in [1.29, 1.82) is 0 Å². The molecule has 1 atom stereocenters. The van der Waals surface area contributed by atoms with Crippen LogP contribution in [0.25, 0.3) is 0 Å². The molecule has 6 heteroatoms. The maximum atomic E-state index is 9.79. The summed E-state index contributed by atoms with van der Waals surface area (Å²) in [6, 6.07) is 8.87. The quantitative estimate of drug-likeness (QED) is 0.684. The number of rotatable bonds is 1. The molecule has 0 amide bonds. The highest BCUT2D eigenvalue weighted by Crippen LogP contribution is 2.39. The molecule has 0 fully saturated rings. The van der Waals surface area contributed by atoms with Gasteiger partial charge in [0.2, 0.25) is 0 Å². The molecule has 22 heavy (non-hydrogen) atoms. The van der Waals surface area contributed by atoms with Crippen molar-refractivity contribution < 1.29 is 10.2 Å². The minimum absolute atomic E-state index is 0. The molecule has 2 N–H and O–H groups in total. The summed E-state index contributed by atoms with van der Waals surface area (Å²) >= 11 is 12.1. The molecule has 118 valence electrons. The topological polar surface area (TPSA) is 43.7 Å². The monoisotopic (exact) mass is 403 g/mol. The highest BCUT2D eigenvalue weighted by atomic mass is 79.9. The lowest BCUT2D eigenvalue weighted by Gasteiger charge is -2.33. The van der Waals surface area contributed by atoms with E-state index in [4.69, 9.17) is 23.2 Å². The van der Waals surface area contributed by atoms with Gasteiger partial charge in [0.1, 0.15) is 0 Å². The number of aromatic hydroxyl groups is 2. The average molecular weight is 405 g/mol. The number of phenolic OH excluding ortho intramolecular Hbond substituents is 2. The van der Waals surface area contributed by atoms with Crippen LogP contribution in [0, 0.1) is 0 Å². The van der Waals surface area contributed by atoms with Gasteiger partial charge in [0.15, 0.2) is 11.5 Å². The Balaban J connectivity index is 0.00000176. The standard InChI is InChI=1S/C16H15Cl2NO2.BrH/c1-19-7-10-5-15(20)16(21)6-11(10)12(8-19)9-2-3-13(17)14(18)4-9;/h2-6,12,20-21H,7-8H2,1H3;1H. The molecule has 0 saturated carbocycles. The third-order valence-corrected chi connectivity index (χ3v) is 4.63. The summed E-state index contributed by atoms with van der Waals surface area (Å²) in [5.41, 5.74) is 3.07. The average Bonchev–Trinajstić information content (AvgIpc) is 2.43. The molecule has 0 radical (unpaired) electrons. The van der Waals surface area contributed by atoms with E-state index in [0.717, 1.165) is 29.8 Å². The third-order valence-electron chi connectivity index (χ3n) is 3.89. The Morgan fingerprint density at radius 3 is 2.41 bits per heavy atom. The molecule has 0 aromatic heterocycles. The lowest BCUT2D eigenvalue weighted by Crippen LogP contribution is -2.30. The first-order valence-electron chi connectivity index (χ1n) is 6.64. The highest BCUT2D eigenvalue weighted by Gasteiger charge is 2.26. The molecule has 1 unspecified atom stereocenters. The molecule has 2 aromatic carbocycles. The van der Waals surface area contributed by atoms with Gasteiger partial charge in [-0.05, 0) is 48.0 Å². The van der Waals surface area contributed by atoms with Crippen LogP contribution >= 0.6 is 40.2 Å². The molecule has 0 bridgehead atoms. The van der Waals surface area contributed by atoms with Gasteiger partial charge < -0.3 is 15.1 Å². The van der Waals surface area contributed by atoms with Gasteiger partial charge in [0, 0.05) is 19.0 Å². The lowest BCUT2D eigenvalue weighted by atomic mass is 9.84. The number of hydrogen-bond acceptors (Lipinski definition) is 3. The third kappa shape index (κ3) is 3.20. The van der Waals surface area contributed by atoms with E-state index < -0.39 is 0 Å². The molecule has 2 aromatic rings. The minimum atomic E-state index is -0.0941. The molecule has 0 saturated heterocycles. The van der Waals surface area contributed by atoms with Crippen molar-refractivity contribution in [2.75, 3.05) is 13.6 Å². The maximum Gasteiger partial charge on any atom is 0.157 e. The number of likely N-dealkylation sites (N-methyl/N-ethyl adjacent to an activating group) is 1. The normalized spacial score (nSPS) is 17.7. The van der Waals surface area contributed by atoms with E-state index in [-0.39, 0.29) is 34.4 Å². The van der Waals surface area contributed by atoms with Gasteiger partial charge in [-0.2, -0.15) is 0 Å². The zero-order valence-corrected chi connectivity index (χ0v) is 15.1. The first-order chi connectivity index (χ1) is 9.95. The molecular weight excluding hydrogens is 389 g/mol. The lowest BCUT2D eigenvalue weighted by molar-refractivity contribution is 0.293. The molecule has 1 aliphatic heterocycles. The number of hydrogen-bond donors (Lipinski definition) is 2. The molecule has 0 spiro atoms. The fourth-order valence-corrected chi connectivity index (χ4v) is 3.18. The summed E-state index contributed by atoms with van der Waals surface area (Å²) in [6.45, 7) is 1.55. The van der Waals surface area contributed by atoms with E-state index in [2.05, 4.69) is 4.90 Å². The summed E-state index contributed by atoms with van der Waals surface area (Å²) in [7, 11) is 2.03. The Morgan fingerprint density at radius 2 is 1.73 bits per heavy atom. The van der Waals surface area contributed by atoms with E-state index in [1.807, 2.05) is 19.2 Å². The van der Waals surface area contributed by atoms with Gasteiger partial charge in [-0.15, -0.1) is 17.0 Å². The largest absolute Gasteiger partial charge is 0.504 e. The summed E-state index contributed by atoms with van der Waals surface area (Å²) in [6.07, 6.45) is 0. The van der Waals surface area contributed by atoms with E-state index in [9.17, 15) is 10.2 Å². The zero-order valence-electron chi connectivity index (χ0n) is 11.9. The van der Waals surface area contributed by atoms with Crippen molar-refractivity contribution in [2.45, 2.75) is 12.5 Å².